The van der Waals surface area contributed by atoms with E-state index in [1.165, 1.54) is 0 Å². The second-order valence-electron chi connectivity index (χ2n) is 8.06. The number of amides is 3. The second-order valence-corrected chi connectivity index (χ2v) is 9.56. The lowest BCUT2D eigenvalue weighted by atomic mass is 9.97. The second kappa shape index (κ2) is 7.73. The summed E-state index contributed by atoms with van der Waals surface area (Å²) in [5.74, 6) is -0.681. The van der Waals surface area contributed by atoms with Crippen LogP contribution in [0.1, 0.15) is 50.0 Å². The topological polar surface area (TPSA) is 70.6 Å². The molecule has 158 valence electrons. The molecule has 3 amide bonds. The molecule has 0 N–H and O–H groups in total. The Bertz CT molecular complexity index is 1230. The Kier molecular flexibility index (Phi) is 5.02. The predicted octanol–water partition coefficient (Wildman–Crippen LogP) is 4.26. The fraction of sp³-hybridized carbons (Fsp3) is 0.304. The van der Waals surface area contributed by atoms with Crippen molar-refractivity contribution in [1.29, 1.82) is 0 Å². The number of carbonyl (C=O) groups excluding carboxylic acids is 3. The molecule has 2 aromatic carbocycles. The number of hydrogen-bond acceptors (Lipinski definition) is 5. The van der Waals surface area contributed by atoms with Crippen LogP contribution in [-0.2, 0) is 4.79 Å². The normalized spacial score (nSPS) is 17.0. The first-order valence-electron chi connectivity index (χ1n) is 10.2. The van der Waals surface area contributed by atoms with Crippen LogP contribution in [0.3, 0.4) is 0 Å². The number of fused-ring (bicyclic) bond motifs is 2. The van der Waals surface area contributed by atoms with Crippen LogP contribution >= 0.6 is 22.9 Å². The van der Waals surface area contributed by atoms with Crippen LogP contribution in [0.5, 0.6) is 0 Å². The van der Waals surface area contributed by atoms with E-state index in [4.69, 9.17) is 16.6 Å². The molecule has 2 aliphatic rings. The first-order valence-corrected chi connectivity index (χ1v) is 11.4. The van der Waals surface area contributed by atoms with E-state index in [2.05, 4.69) is 0 Å². The molecule has 0 atom stereocenters. The Labute approximate surface area is 188 Å². The summed E-state index contributed by atoms with van der Waals surface area (Å²) < 4.78 is 1.11. The Morgan fingerprint density at radius 1 is 1.10 bits per heavy atom. The Hall–Kier alpha value is -2.77. The number of carbonyl (C=O) groups is 3. The van der Waals surface area contributed by atoms with Crippen molar-refractivity contribution >= 4 is 50.9 Å². The molecule has 0 spiro atoms. The monoisotopic (exact) mass is 453 g/mol. The number of aromatic nitrogens is 1. The number of imide groups is 1. The standard InChI is InChI=1S/C23H20ClN3O3S/c1-13-2-4-16-17(10-13)23(30)27(22(16)29)12-20(28)26-8-6-14(7-9-26)21-25-18-11-15(24)3-5-19(18)31-21/h2-5,10-11,14H,6-9,12H2,1H3. The molecule has 0 unspecified atom stereocenters. The van der Waals surface area contributed by atoms with Crippen LogP contribution < -0.4 is 0 Å². The van der Waals surface area contributed by atoms with E-state index in [1.807, 2.05) is 25.1 Å². The third-order valence-electron chi connectivity index (χ3n) is 5.98. The lowest BCUT2D eigenvalue weighted by molar-refractivity contribution is -0.132. The van der Waals surface area contributed by atoms with E-state index in [9.17, 15) is 14.4 Å². The van der Waals surface area contributed by atoms with E-state index in [0.29, 0.717) is 35.2 Å². The fourth-order valence-electron chi connectivity index (χ4n) is 4.25. The highest BCUT2D eigenvalue weighted by molar-refractivity contribution is 7.18. The summed E-state index contributed by atoms with van der Waals surface area (Å²) in [7, 11) is 0. The van der Waals surface area contributed by atoms with Gasteiger partial charge in [0.05, 0.1) is 26.4 Å². The van der Waals surface area contributed by atoms with Gasteiger partial charge in [-0.1, -0.05) is 23.2 Å². The van der Waals surface area contributed by atoms with Gasteiger partial charge >= 0.3 is 0 Å². The van der Waals surface area contributed by atoms with E-state index in [0.717, 1.165) is 38.5 Å². The van der Waals surface area contributed by atoms with E-state index >= 15 is 0 Å². The highest BCUT2D eigenvalue weighted by atomic mass is 35.5. The van der Waals surface area contributed by atoms with Gasteiger partial charge in [0.25, 0.3) is 11.8 Å². The molecule has 2 aliphatic heterocycles. The van der Waals surface area contributed by atoms with Gasteiger partial charge in [-0.2, -0.15) is 0 Å². The fourth-order valence-corrected chi connectivity index (χ4v) is 5.54. The lowest BCUT2D eigenvalue weighted by Crippen LogP contribution is -2.45. The smallest absolute Gasteiger partial charge is 0.262 e. The van der Waals surface area contributed by atoms with Crippen LogP contribution in [0.4, 0.5) is 0 Å². The number of likely N-dealkylation sites (tertiary alicyclic amines) is 1. The van der Waals surface area contributed by atoms with Crippen LogP contribution in [0, 0.1) is 6.92 Å². The zero-order valence-corrected chi connectivity index (χ0v) is 18.5. The number of benzene rings is 2. The maximum atomic E-state index is 12.8. The summed E-state index contributed by atoms with van der Waals surface area (Å²) in [4.78, 5) is 45.6. The minimum Gasteiger partial charge on any atom is -0.341 e. The van der Waals surface area contributed by atoms with Crippen molar-refractivity contribution < 1.29 is 14.4 Å². The van der Waals surface area contributed by atoms with Crippen molar-refractivity contribution in [3.8, 4) is 0 Å². The molecule has 8 heteroatoms. The van der Waals surface area contributed by atoms with Gasteiger partial charge in [0.15, 0.2) is 0 Å². The minimum absolute atomic E-state index is 0.194. The van der Waals surface area contributed by atoms with Gasteiger partial charge in [-0.3, -0.25) is 19.3 Å². The number of hydrogen-bond donors (Lipinski definition) is 0. The highest BCUT2D eigenvalue weighted by Crippen LogP contribution is 2.35. The summed E-state index contributed by atoms with van der Waals surface area (Å²) >= 11 is 7.74. The molecule has 0 saturated carbocycles. The van der Waals surface area contributed by atoms with E-state index < -0.39 is 5.91 Å². The molecule has 31 heavy (non-hydrogen) atoms. The molecule has 0 bridgehead atoms. The molecule has 3 heterocycles. The number of rotatable bonds is 3. The van der Waals surface area contributed by atoms with Gasteiger partial charge in [-0.15, -0.1) is 11.3 Å². The van der Waals surface area contributed by atoms with E-state index in [1.54, 1.807) is 34.4 Å². The first-order chi connectivity index (χ1) is 14.9. The SMILES string of the molecule is Cc1ccc2c(c1)C(=O)N(CC(=O)N1CCC(c3nc4cc(Cl)ccc4s3)CC1)C2=O. The molecule has 1 fully saturated rings. The van der Waals surface area contributed by atoms with Gasteiger partial charge in [0.2, 0.25) is 5.91 Å². The van der Waals surface area contributed by atoms with Crippen LogP contribution in [0.15, 0.2) is 36.4 Å². The molecule has 0 radical (unpaired) electrons. The third-order valence-corrected chi connectivity index (χ3v) is 7.42. The first kappa shape index (κ1) is 20.2. The van der Waals surface area contributed by atoms with Gasteiger partial charge in [-0.25, -0.2) is 4.98 Å². The van der Waals surface area contributed by atoms with Crippen molar-refractivity contribution in [3.63, 3.8) is 0 Å². The van der Waals surface area contributed by atoms with Crippen molar-refractivity contribution in [2.24, 2.45) is 0 Å². The van der Waals surface area contributed by atoms with Gasteiger partial charge < -0.3 is 4.90 Å². The summed E-state index contributed by atoms with van der Waals surface area (Å²) in [5, 5.41) is 1.74. The molecule has 6 nitrogen and oxygen atoms in total. The number of piperidine rings is 1. The van der Waals surface area contributed by atoms with Crippen LogP contribution in [0.25, 0.3) is 10.2 Å². The molecule has 5 rings (SSSR count). The highest BCUT2D eigenvalue weighted by Gasteiger charge is 2.38. The molecule has 0 aliphatic carbocycles. The Morgan fingerprint density at radius 2 is 1.84 bits per heavy atom. The van der Waals surface area contributed by atoms with Crippen LogP contribution in [0.2, 0.25) is 5.02 Å². The maximum Gasteiger partial charge on any atom is 0.262 e. The minimum atomic E-state index is -0.392. The lowest BCUT2D eigenvalue weighted by Gasteiger charge is -2.32. The number of halogens is 1. The Balaban J connectivity index is 1.23. The number of nitrogens with zero attached hydrogens (tertiary/aromatic N) is 3. The molecule has 3 aromatic rings. The van der Waals surface area contributed by atoms with Crippen molar-refractivity contribution in [1.82, 2.24) is 14.8 Å². The molecular weight excluding hydrogens is 434 g/mol. The van der Waals surface area contributed by atoms with Crippen LogP contribution in [-0.4, -0.2) is 52.1 Å². The molecule has 1 saturated heterocycles. The summed E-state index contributed by atoms with van der Waals surface area (Å²) in [6.45, 7) is 2.83. The van der Waals surface area contributed by atoms with Gasteiger partial charge in [0.1, 0.15) is 6.54 Å². The third kappa shape index (κ3) is 3.62. The Morgan fingerprint density at radius 3 is 2.61 bits per heavy atom. The van der Waals surface area contributed by atoms with Gasteiger partial charge in [-0.05, 0) is 50.1 Å². The van der Waals surface area contributed by atoms with Crippen molar-refractivity contribution in [3.05, 3.63) is 63.1 Å². The average Bonchev–Trinajstić information content (AvgIpc) is 3.28. The summed E-state index contributed by atoms with van der Waals surface area (Å²) in [5.41, 5.74) is 2.57. The van der Waals surface area contributed by atoms with Crippen molar-refractivity contribution in [2.45, 2.75) is 25.7 Å². The summed E-state index contributed by atoms with van der Waals surface area (Å²) in [6.07, 6.45) is 1.61. The summed E-state index contributed by atoms with van der Waals surface area (Å²) in [6, 6.07) is 10.9. The van der Waals surface area contributed by atoms with Crippen molar-refractivity contribution in [2.75, 3.05) is 19.6 Å². The number of thiazole rings is 1. The van der Waals surface area contributed by atoms with Gasteiger partial charge in [0, 0.05) is 24.0 Å². The average molecular weight is 454 g/mol. The predicted molar refractivity (Wildman–Crippen MR) is 120 cm³/mol. The molecular formula is C23H20ClN3O3S. The zero-order chi connectivity index (χ0) is 21.7. The quantitative estimate of drug-likeness (QED) is 0.555. The largest absolute Gasteiger partial charge is 0.341 e. The zero-order valence-electron chi connectivity index (χ0n) is 16.9. The number of aryl methyl sites for hydroxylation is 1. The van der Waals surface area contributed by atoms with E-state index in [-0.39, 0.29) is 18.4 Å². The molecule has 1 aromatic heterocycles. The maximum absolute atomic E-state index is 12.8.